The summed E-state index contributed by atoms with van der Waals surface area (Å²) in [5.74, 6) is 0.790. The van der Waals surface area contributed by atoms with Crippen molar-refractivity contribution in [1.29, 1.82) is 0 Å². The fraction of sp³-hybridized carbons (Fsp3) is 0.875. The molecule has 3 rings (SSSR count). The Morgan fingerprint density at radius 3 is 2.76 bits per heavy atom. The van der Waals surface area contributed by atoms with Gasteiger partial charge >= 0.3 is 0 Å². The molecule has 2 aliphatic rings. The molecule has 0 atom stereocenters. The third kappa shape index (κ3) is 5.08. The first-order valence-corrected chi connectivity index (χ1v) is 8.57. The van der Waals surface area contributed by atoms with Crippen molar-refractivity contribution >= 4 is 0 Å². The maximum atomic E-state index is 4.26. The van der Waals surface area contributed by atoms with E-state index in [-0.39, 0.29) is 0 Å². The average Bonchev–Trinajstić information content (AvgIpc) is 3.36. The van der Waals surface area contributed by atoms with Gasteiger partial charge in [-0.2, -0.15) is 0 Å². The number of nitrogens with zero attached hydrogens (tertiary/aromatic N) is 4. The molecular weight excluding hydrogens is 262 g/mol. The highest BCUT2D eigenvalue weighted by molar-refractivity contribution is 4.94. The van der Waals surface area contributed by atoms with Gasteiger partial charge in [0.05, 0.1) is 12.2 Å². The van der Waals surface area contributed by atoms with Crippen LogP contribution in [0.1, 0.15) is 51.6 Å². The minimum Gasteiger partial charge on any atom is -0.308 e. The van der Waals surface area contributed by atoms with Crippen LogP contribution in [0.5, 0.6) is 0 Å². The summed E-state index contributed by atoms with van der Waals surface area (Å²) in [6, 6.07) is 1.57. The van der Waals surface area contributed by atoms with E-state index in [0.717, 1.165) is 43.3 Å². The summed E-state index contributed by atoms with van der Waals surface area (Å²) in [5, 5.41) is 12.0. The van der Waals surface area contributed by atoms with Crippen LogP contribution >= 0.6 is 0 Å². The summed E-state index contributed by atoms with van der Waals surface area (Å²) in [4.78, 5) is 2.64. The monoisotopic (exact) mass is 291 g/mol. The van der Waals surface area contributed by atoms with Crippen molar-refractivity contribution in [3.8, 4) is 0 Å². The molecule has 0 bridgehead atoms. The highest BCUT2D eigenvalue weighted by atomic mass is 15.4. The van der Waals surface area contributed by atoms with Crippen LogP contribution in [0.2, 0.25) is 0 Å². The van der Waals surface area contributed by atoms with Crippen molar-refractivity contribution in [2.45, 2.75) is 71.1 Å². The summed E-state index contributed by atoms with van der Waals surface area (Å²) in [6.45, 7) is 8.78. The fourth-order valence-corrected chi connectivity index (χ4v) is 2.64. The van der Waals surface area contributed by atoms with Crippen LogP contribution in [-0.2, 0) is 13.1 Å². The Morgan fingerprint density at radius 2 is 2.10 bits per heavy atom. The molecule has 5 nitrogen and oxygen atoms in total. The lowest BCUT2D eigenvalue weighted by Crippen LogP contribution is -2.31. The zero-order valence-corrected chi connectivity index (χ0v) is 13.5. The quantitative estimate of drug-likeness (QED) is 0.716. The molecule has 2 saturated carbocycles. The molecule has 0 amide bonds. The zero-order chi connectivity index (χ0) is 14.7. The number of hydrogen-bond acceptors (Lipinski definition) is 4. The van der Waals surface area contributed by atoms with Crippen molar-refractivity contribution in [3.63, 3.8) is 0 Å². The van der Waals surface area contributed by atoms with E-state index in [4.69, 9.17) is 0 Å². The molecule has 0 unspecified atom stereocenters. The second kappa shape index (κ2) is 6.88. The summed E-state index contributed by atoms with van der Waals surface area (Å²) < 4.78 is 2.01. The van der Waals surface area contributed by atoms with Crippen LogP contribution in [0.4, 0.5) is 0 Å². The van der Waals surface area contributed by atoms with Gasteiger partial charge in [0.15, 0.2) is 0 Å². The fourth-order valence-electron chi connectivity index (χ4n) is 2.64. The van der Waals surface area contributed by atoms with Gasteiger partial charge in [0.1, 0.15) is 0 Å². The predicted molar refractivity (Wildman–Crippen MR) is 83.9 cm³/mol. The SMILES string of the molecule is CC(C)CCN(CCn1cc(CNC2CC2)nn1)C1CC1. The second-order valence-corrected chi connectivity index (χ2v) is 7.08. The van der Waals surface area contributed by atoms with Gasteiger partial charge in [-0.3, -0.25) is 9.58 Å². The van der Waals surface area contributed by atoms with Crippen LogP contribution in [0, 0.1) is 5.92 Å². The molecule has 0 aliphatic heterocycles. The molecule has 1 N–H and O–H groups in total. The van der Waals surface area contributed by atoms with E-state index in [1.807, 2.05) is 4.68 Å². The normalized spacial score (nSPS) is 18.9. The molecule has 21 heavy (non-hydrogen) atoms. The smallest absolute Gasteiger partial charge is 0.0964 e. The molecule has 1 aromatic heterocycles. The minimum absolute atomic E-state index is 0.733. The Morgan fingerprint density at radius 1 is 1.29 bits per heavy atom. The lowest BCUT2D eigenvalue weighted by molar-refractivity contribution is 0.234. The van der Waals surface area contributed by atoms with Gasteiger partial charge < -0.3 is 5.32 Å². The molecule has 118 valence electrons. The first-order chi connectivity index (χ1) is 10.2. The highest BCUT2D eigenvalue weighted by Crippen LogP contribution is 2.27. The van der Waals surface area contributed by atoms with Gasteiger partial charge in [-0.1, -0.05) is 19.1 Å². The zero-order valence-electron chi connectivity index (χ0n) is 13.5. The molecule has 1 heterocycles. The summed E-state index contributed by atoms with van der Waals surface area (Å²) in [5.41, 5.74) is 1.07. The number of nitrogens with one attached hydrogen (secondary N) is 1. The van der Waals surface area contributed by atoms with Crippen molar-refractivity contribution < 1.29 is 0 Å². The summed E-state index contributed by atoms with van der Waals surface area (Å²) in [7, 11) is 0. The maximum absolute atomic E-state index is 4.26. The minimum atomic E-state index is 0.733. The summed E-state index contributed by atoms with van der Waals surface area (Å²) >= 11 is 0. The van der Waals surface area contributed by atoms with Crippen LogP contribution < -0.4 is 5.32 Å². The maximum Gasteiger partial charge on any atom is 0.0964 e. The van der Waals surface area contributed by atoms with E-state index in [1.165, 1.54) is 38.6 Å². The molecule has 2 fully saturated rings. The average molecular weight is 291 g/mol. The van der Waals surface area contributed by atoms with Crippen LogP contribution in [-0.4, -0.2) is 45.1 Å². The first kappa shape index (κ1) is 15.0. The van der Waals surface area contributed by atoms with Gasteiger partial charge in [-0.05, 0) is 44.6 Å². The molecule has 0 saturated heterocycles. The number of rotatable bonds is 10. The van der Waals surface area contributed by atoms with Crippen LogP contribution in [0.25, 0.3) is 0 Å². The third-order valence-corrected chi connectivity index (χ3v) is 4.41. The van der Waals surface area contributed by atoms with Gasteiger partial charge in [0, 0.05) is 31.4 Å². The Balaban J connectivity index is 1.41. The number of aromatic nitrogens is 3. The molecular formula is C16H29N5. The van der Waals surface area contributed by atoms with Gasteiger partial charge in [0.25, 0.3) is 0 Å². The molecule has 1 aromatic rings. The van der Waals surface area contributed by atoms with E-state index >= 15 is 0 Å². The Labute approximate surface area is 128 Å². The predicted octanol–water partition coefficient (Wildman–Crippen LogP) is 2.04. The topological polar surface area (TPSA) is 46.0 Å². The largest absolute Gasteiger partial charge is 0.308 e. The van der Waals surface area contributed by atoms with Crippen LogP contribution in [0.3, 0.4) is 0 Å². The highest BCUT2D eigenvalue weighted by Gasteiger charge is 2.28. The lowest BCUT2D eigenvalue weighted by Gasteiger charge is -2.22. The standard InChI is InChI=1S/C16H29N5/c1-13(2)7-8-20(16-5-6-16)9-10-21-12-15(18-19-21)11-17-14-3-4-14/h12-14,16-17H,3-11H2,1-2H3. The third-order valence-electron chi connectivity index (χ3n) is 4.41. The number of hydrogen-bond donors (Lipinski definition) is 1. The second-order valence-electron chi connectivity index (χ2n) is 7.08. The molecule has 0 spiro atoms. The first-order valence-electron chi connectivity index (χ1n) is 8.57. The van der Waals surface area contributed by atoms with Crippen molar-refractivity contribution in [1.82, 2.24) is 25.2 Å². The molecule has 0 radical (unpaired) electrons. The van der Waals surface area contributed by atoms with Crippen molar-refractivity contribution in [3.05, 3.63) is 11.9 Å². The van der Waals surface area contributed by atoms with Gasteiger partial charge in [0.2, 0.25) is 0 Å². The van der Waals surface area contributed by atoms with Crippen molar-refractivity contribution in [2.24, 2.45) is 5.92 Å². The van der Waals surface area contributed by atoms with E-state index in [0.29, 0.717) is 0 Å². The van der Waals surface area contributed by atoms with E-state index in [2.05, 4.69) is 40.6 Å². The van der Waals surface area contributed by atoms with E-state index < -0.39 is 0 Å². The molecule has 5 heteroatoms. The Kier molecular flexibility index (Phi) is 4.91. The van der Waals surface area contributed by atoms with Gasteiger partial charge in [-0.25, -0.2) is 0 Å². The molecule has 2 aliphatic carbocycles. The van der Waals surface area contributed by atoms with Crippen LogP contribution in [0.15, 0.2) is 6.20 Å². The summed E-state index contributed by atoms with van der Waals surface area (Å²) in [6.07, 6.45) is 8.80. The molecule has 0 aromatic carbocycles. The Hall–Kier alpha value is -0.940. The Bertz CT molecular complexity index is 434. The van der Waals surface area contributed by atoms with E-state index in [1.54, 1.807) is 0 Å². The van der Waals surface area contributed by atoms with E-state index in [9.17, 15) is 0 Å². The lowest BCUT2D eigenvalue weighted by atomic mass is 10.1. The van der Waals surface area contributed by atoms with Crippen molar-refractivity contribution in [2.75, 3.05) is 13.1 Å². The van der Waals surface area contributed by atoms with Gasteiger partial charge in [-0.15, -0.1) is 5.10 Å².